The number of hydrogen-bond acceptors (Lipinski definition) is 4. The van der Waals surface area contributed by atoms with E-state index in [9.17, 15) is 18.0 Å². The Kier molecular flexibility index (Phi) is 9.57. The van der Waals surface area contributed by atoms with Gasteiger partial charge in [-0.15, -0.1) is 0 Å². The number of benzene rings is 2. The third kappa shape index (κ3) is 7.62. The maximum atomic E-state index is 13.1. The van der Waals surface area contributed by atoms with Crippen molar-refractivity contribution >= 4 is 50.7 Å². The van der Waals surface area contributed by atoms with Crippen LogP contribution in [-0.4, -0.2) is 51.0 Å². The molecule has 0 spiro atoms. The van der Waals surface area contributed by atoms with Crippen LogP contribution in [0.3, 0.4) is 0 Å². The van der Waals surface area contributed by atoms with Crippen LogP contribution in [0.4, 0.5) is 5.69 Å². The third-order valence-electron chi connectivity index (χ3n) is 5.21. The van der Waals surface area contributed by atoms with Crippen molar-refractivity contribution in [1.29, 1.82) is 0 Å². The van der Waals surface area contributed by atoms with E-state index < -0.39 is 16.1 Å². The average molecular weight is 514 g/mol. The summed E-state index contributed by atoms with van der Waals surface area (Å²) < 4.78 is 26.0. The lowest BCUT2D eigenvalue weighted by Gasteiger charge is -2.29. The standard InChI is InChI=1S/C23H29Cl2N3O4S/c1-16-7-5-8-20(13-16)28(33(4,31)32)12-6-9-22(29)27(17(2)23(30)26-3)15-18-10-11-19(24)14-21(18)25/h5,7-8,10-11,13-14,17H,6,9,12,15H2,1-4H3,(H,26,30)/t17-/m0/s1. The van der Waals surface area contributed by atoms with Gasteiger partial charge in [-0.1, -0.05) is 41.4 Å². The number of halogens is 2. The fourth-order valence-corrected chi connectivity index (χ4v) is 4.84. The van der Waals surface area contributed by atoms with Crippen LogP contribution in [0.5, 0.6) is 0 Å². The molecule has 180 valence electrons. The Balaban J connectivity index is 2.18. The first kappa shape index (κ1) is 27.0. The number of aryl methyl sites for hydroxylation is 1. The first-order valence-electron chi connectivity index (χ1n) is 10.4. The molecule has 0 aliphatic carbocycles. The molecule has 0 aliphatic heterocycles. The number of nitrogens with zero attached hydrogens (tertiary/aromatic N) is 2. The molecule has 0 heterocycles. The monoisotopic (exact) mass is 513 g/mol. The lowest BCUT2D eigenvalue weighted by atomic mass is 10.1. The van der Waals surface area contributed by atoms with E-state index in [-0.39, 0.29) is 37.7 Å². The van der Waals surface area contributed by atoms with Crippen molar-refractivity contribution in [2.75, 3.05) is 24.2 Å². The Morgan fingerprint density at radius 3 is 2.39 bits per heavy atom. The molecule has 1 N–H and O–H groups in total. The number of rotatable bonds is 10. The van der Waals surface area contributed by atoms with Crippen LogP contribution in [-0.2, 0) is 26.2 Å². The Morgan fingerprint density at radius 2 is 1.82 bits per heavy atom. The molecule has 0 saturated carbocycles. The summed E-state index contributed by atoms with van der Waals surface area (Å²) in [7, 11) is -2.03. The van der Waals surface area contributed by atoms with Crippen molar-refractivity contribution in [3.8, 4) is 0 Å². The van der Waals surface area contributed by atoms with Crippen molar-refractivity contribution < 1.29 is 18.0 Å². The molecular formula is C23H29Cl2N3O4S. The zero-order valence-electron chi connectivity index (χ0n) is 19.1. The van der Waals surface area contributed by atoms with E-state index in [0.717, 1.165) is 11.8 Å². The van der Waals surface area contributed by atoms with Gasteiger partial charge < -0.3 is 10.2 Å². The van der Waals surface area contributed by atoms with Crippen molar-refractivity contribution in [1.82, 2.24) is 10.2 Å². The highest BCUT2D eigenvalue weighted by molar-refractivity contribution is 7.92. The SMILES string of the molecule is CNC(=O)[C@H](C)N(Cc1ccc(Cl)cc1Cl)C(=O)CCCN(c1cccc(C)c1)S(C)(=O)=O. The van der Waals surface area contributed by atoms with Crippen LogP contribution in [0.25, 0.3) is 0 Å². The zero-order valence-corrected chi connectivity index (χ0v) is 21.5. The molecule has 0 bridgehead atoms. The molecule has 0 aliphatic rings. The fraction of sp³-hybridized carbons (Fsp3) is 0.391. The molecule has 2 aromatic rings. The number of likely N-dealkylation sites (N-methyl/N-ethyl adjacent to an activating group) is 1. The van der Waals surface area contributed by atoms with Gasteiger partial charge in [0.25, 0.3) is 0 Å². The Morgan fingerprint density at radius 1 is 1.12 bits per heavy atom. The van der Waals surface area contributed by atoms with Crippen molar-refractivity contribution in [3.05, 3.63) is 63.6 Å². The predicted molar refractivity (Wildman–Crippen MR) is 133 cm³/mol. The van der Waals surface area contributed by atoms with E-state index in [4.69, 9.17) is 23.2 Å². The summed E-state index contributed by atoms with van der Waals surface area (Å²) in [6.45, 7) is 3.78. The molecule has 0 fully saturated rings. The number of hydrogen-bond donors (Lipinski definition) is 1. The van der Waals surface area contributed by atoms with E-state index in [2.05, 4.69) is 5.32 Å². The van der Waals surface area contributed by atoms with Gasteiger partial charge in [-0.3, -0.25) is 13.9 Å². The Hall–Kier alpha value is -2.29. The minimum Gasteiger partial charge on any atom is -0.357 e. The third-order valence-corrected chi connectivity index (χ3v) is 6.99. The summed E-state index contributed by atoms with van der Waals surface area (Å²) in [6, 6.07) is 11.4. The van der Waals surface area contributed by atoms with E-state index in [0.29, 0.717) is 21.3 Å². The van der Waals surface area contributed by atoms with Crippen LogP contribution in [0.15, 0.2) is 42.5 Å². The molecule has 1 atom stereocenters. The fourth-order valence-electron chi connectivity index (χ4n) is 3.41. The van der Waals surface area contributed by atoms with Gasteiger partial charge in [0.15, 0.2) is 0 Å². The van der Waals surface area contributed by atoms with E-state index in [1.165, 1.54) is 16.3 Å². The molecule has 0 aromatic heterocycles. The van der Waals surface area contributed by atoms with Gasteiger partial charge in [0.05, 0.1) is 11.9 Å². The second-order valence-corrected chi connectivity index (χ2v) is 10.6. The topological polar surface area (TPSA) is 86.8 Å². The summed E-state index contributed by atoms with van der Waals surface area (Å²) in [4.78, 5) is 26.8. The van der Waals surface area contributed by atoms with Crippen LogP contribution in [0.2, 0.25) is 10.0 Å². The van der Waals surface area contributed by atoms with Gasteiger partial charge >= 0.3 is 0 Å². The van der Waals surface area contributed by atoms with Crippen LogP contribution in [0.1, 0.15) is 30.9 Å². The highest BCUT2D eigenvalue weighted by Gasteiger charge is 2.26. The predicted octanol–water partition coefficient (Wildman–Crippen LogP) is 4.01. The molecule has 0 unspecified atom stereocenters. The number of sulfonamides is 1. The number of carbonyl (C=O) groups excluding carboxylic acids is 2. The van der Waals surface area contributed by atoms with Gasteiger partial charge in [-0.05, 0) is 55.7 Å². The number of nitrogens with one attached hydrogen (secondary N) is 1. The molecule has 7 nitrogen and oxygen atoms in total. The van der Waals surface area contributed by atoms with Crippen molar-refractivity contribution in [2.45, 2.75) is 39.3 Å². The average Bonchev–Trinajstić information content (AvgIpc) is 2.74. The zero-order chi connectivity index (χ0) is 24.8. The molecule has 2 rings (SSSR count). The maximum Gasteiger partial charge on any atom is 0.242 e. The van der Waals surface area contributed by atoms with Crippen LogP contribution in [0, 0.1) is 6.92 Å². The highest BCUT2D eigenvalue weighted by atomic mass is 35.5. The normalized spacial score (nSPS) is 12.2. The minimum absolute atomic E-state index is 0.0599. The van der Waals surface area contributed by atoms with Gasteiger partial charge in [0, 0.05) is 36.6 Å². The molecule has 10 heteroatoms. The summed E-state index contributed by atoms with van der Waals surface area (Å²) >= 11 is 12.2. The maximum absolute atomic E-state index is 13.1. The van der Waals surface area contributed by atoms with E-state index in [1.54, 1.807) is 43.3 Å². The van der Waals surface area contributed by atoms with Gasteiger partial charge in [0.1, 0.15) is 6.04 Å². The van der Waals surface area contributed by atoms with Crippen molar-refractivity contribution in [3.63, 3.8) is 0 Å². The van der Waals surface area contributed by atoms with Crippen LogP contribution < -0.4 is 9.62 Å². The molecule has 0 saturated heterocycles. The Labute approximate surface area is 205 Å². The van der Waals surface area contributed by atoms with E-state index in [1.807, 2.05) is 13.0 Å². The lowest BCUT2D eigenvalue weighted by Crippen LogP contribution is -2.46. The minimum atomic E-state index is -3.53. The van der Waals surface area contributed by atoms with Crippen LogP contribution >= 0.6 is 23.2 Å². The van der Waals surface area contributed by atoms with Gasteiger partial charge in [-0.25, -0.2) is 8.42 Å². The van der Waals surface area contributed by atoms with Crippen molar-refractivity contribution in [2.24, 2.45) is 0 Å². The first-order valence-corrected chi connectivity index (χ1v) is 13.0. The lowest BCUT2D eigenvalue weighted by molar-refractivity contribution is -0.140. The summed E-state index contributed by atoms with van der Waals surface area (Å²) in [5, 5.41) is 3.42. The molecular weight excluding hydrogens is 485 g/mol. The summed E-state index contributed by atoms with van der Waals surface area (Å²) in [6.07, 6.45) is 1.48. The van der Waals surface area contributed by atoms with Gasteiger partial charge in [0.2, 0.25) is 21.8 Å². The first-order chi connectivity index (χ1) is 15.4. The molecule has 2 amide bonds. The van der Waals surface area contributed by atoms with Gasteiger partial charge in [-0.2, -0.15) is 0 Å². The summed E-state index contributed by atoms with van der Waals surface area (Å²) in [5.74, 6) is -0.597. The molecule has 2 aromatic carbocycles. The summed E-state index contributed by atoms with van der Waals surface area (Å²) in [5.41, 5.74) is 2.14. The number of anilines is 1. The number of amides is 2. The quantitative estimate of drug-likeness (QED) is 0.519. The van der Waals surface area contributed by atoms with E-state index >= 15 is 0 Å². The molecule has 33 heavy (non-hydrogen) atoms. The second kappa shape index (κ2) is 11.7. The Bertz CT molecular complexity index is 1110. The smallest absolute Gasteiger partial charge is 0.242 e. The largest absolute Gasteiger partial charge is 0.357 e. The highest BCUT2D eigenvalue weighted by Crippen LogP contribution is 2.24. The molecule has 0 radical (unpaired) electrons. The second-order valence-electron chi connectivity index (χ2n) is 7.83. The number of carbonyl (C=O) groups is 2.